The molecule has 0 aromatic carbocycles. The summed E-state index contributed by atoms with van der Waals surface area (Å²) >= 11 is 0. The van der Waals surface area contributed by atoms with E-state index in [4.69, 9.17) is 9.47 Å². The highest BCUT2D eigenvalue weighted by atomic mass is 16.5. The van der Waals surface area contributed by atoms with Gasteiger partial charge in [0.1, 0.15) is 6.10 Å². The topological polar surface area (TPSA) is 56.3 Å². The van der Waals surface area contributed by atoms with Crippen molar-refractivity contribution in [1.29, 1.82) is 0 Å². The first kappa shape index (κ1) is 13.9. The van der Waals surface area contributed by atoms with Gasteiger partial charge in [0.05, 0.1) is 18.5 Å². The molecule has 0 aliphatic heterocycles. The molecule has 1 unspecified atom stereocenters. The van der Waals surface area contributed by atoms with Crippen molar-refractivity contribution in [3.63, 3.8) is 0 Å². The maximum atomic E-state index is 5.58. The number of hydrogen-bond donors (Lipinski definition) is 1. The van der Waals surface area contributed by atoms with Gasteiger partial charge in [-0.3, -0.25) is 4.98 Å². The molecule has 1 aromatic heterocycles. The molecule has 0 radical (unpaired) electrons. The molecule has 1 atom stereocenters. The molecule has 5 nitrogen and oxygen atoms in total. The van der Waals surface area contributed by atoms with Gasteiger partial charge in [-0.15, -0.1) is 0 Å². The molecule has 96 valence electrons. The molecule has 0 fully saturated rings. The number of ether oxygens (including phenoxy) is 2. The fourth-order valence-corrected chi connectivity index (χ4v) is 1.31. The highest BCUT2D eigenvalue weighted by Crippen LogP contribution is 2.07. The second kappa shape index (κ2) is 7.19. The summed E-state index contributed by atoms with van der Waals surface area (Å²) in [6, 6.07) is 0.425. The summed E-state index contributed by atoms with van der Waals surface area (Å²) in [5, 5.41) is 3.28. The molecule has 0 aliphatic carbocycles. The summed E-state index contributed by atoms with van der Waals surface area (Å²) in [4.78, 5) is 8.47. The molecule has 1 aromatic rings. The first-order valence-electron chi connectivity index (χ1n) is 5.81. The van der Waals surface area contributed by atoms with Crippen LogP contribution in [0.4, 0.5) is 0 Å². The largest absolute Gasteiger partial charge is 0.471 e. The van der Waals surface area contributed by atoms with Gasteiger partial charge in [0, 0.05) is 25.9 Å². The van der Waals surface area contributed by atoms with Gasteiger partial charge in [0.15, 0.2) is 0 Å². The fraction of sp³-hybridized carbons (Fsp3) is 0.667. The lowest BCUT2D eigenvalue weighted by molar-refractivity contribution is 0.0885. The normalized spacial score (nSPS) is 12.8. The van der Waals surface area contributed by atoms with Crippen LogP contribution in [0.5, 0.6) is 5.88 Å². The first-order valence-corrected chi connectivity index (χ1v) is 5.81. The summed E-state index contributed by atoms with van der Waals surface area (Å²) in [6.07, 6.45) is 3.33. The van der Waals surface area contributed by atoms with Crippen molar-refractivity contribution in [2.24, 2.45) is 0 Å². The van der Waals surface area contributed by atoms with E-state index in [1.165, 1.54) is 0 Å². The lowest BCUT2D eigenvalue weighted by Gasteiger charge is -2.13. The van der Waals surface area contributed by atoms with Gasteiger partial charge in [0.25, 0.3) is 0 Å². The number of nitrogens with one attached hydrogen (secondary N) is 1. The van der Waals surface area contributed by atoms with E-state index in [1.807, 2.05) is 6.92 Å². The zero-order valence-electron chi connectivity index (χ0n) is 10.9. The minimum Gasteiger partial charge on any atom is -0.471 e. The minimum atomic E-state index is -0.0254. The number of hydrogen-bond acceptors (Lipinski definition) is 5. The summed E-state index contributed by atoms with van der Waals surface area (Å²) < 4.78 is 10.6. The molecule has 0 saturated heterocycles. The van der Waals surface area contributed by atoms with Crippen molar-refractivity contribution in [2.75, 3.05) is 13.7 Å². The number of aromatic nitrogens is 2. The molecule has 0 spiro atoms. The van der Waals surface area contributed by atoms with Gasteiger partial charge in [-0.1, -0.05) is 13.8 Å². The second-order valence-corrected chi connectivity index (χ2v) is 4.27. The van der Waals surface area contributed by atoms with E-state index < -0.39 is 0 Å². The third kappa shape index (κ3) is 5.60. The van der Waals surface area contributed by atoms with Crippen LogP contribution < -0.4 is 10.1 Å². The van der Waals surface area contributed by atoms with Crippen molar-refractivity contribution in [3.05, 3.63) is 18.1 Å². The monoisotopic (exact) mass is 239 g/mol. The molecule has 0 aliphatic rings. The lowest BCUT2D eigenvalue weighted by atomic mass is 10.3. The average Bonchev–Trinajstić information content (AvgIpc) is 2.27. The van der Waals surface area contributed by atoms with E-state index in [1.54, 1.807) is 19.5 Å². The Bertz CT molecular complexity index is 331. The third-order valence-corrected chi connectivity index (χ3v) is 2.08. The summed E-state index contributed by atoms with van der Waals surface area (Å²) in [5.41, 5.74) is 0.876. The van der Waals surface area contributed by atoms with Crippen LogP contribution in [-0.2, 0) is 11.3 Å². The molecular formula is C12H21N3O2. The molecule has 1 N–H and O–H groups in total. The third-order valence-electron chi connectivity index (χ3n) is 2.08. The fourth-order valence-electron chi connectivity index (χ4n) is 1.31. The molecule has 0 amide bonds. The molecule has 0 bridgehead atoms. The Hall–Kier alpha value is -1.20. The Morgan fingerprint density at radius 3 is 2.71 bits per heavy atom. The van der Waals surface area contributed by atoms with Crippen molar-refractivity contribution < 1.29 is 9.47 Å². The van der Waals surface area contributed by atoms with Gasteiger partial charge in [-0.2, -0.15) is 0 Å². The Morgan fingerprint density at radius 2 is 2.06 bits per heavy atom. The van der Waals surface area contributed by atoms with Crippen LogP contribution in [0.25, 0.3) is 0 Å². The number of rotatable bonds is 7. The smallest absolute Gasteiger partial charge is 0.232 e. The average molecular weight is 239 g/mol. The van der Waals surface area contributed by atoms with Crippen molar-refractivity contribution in [1.82, 2.24) is 15.3 Å². The molecule has 1 heterocycles. The molecule has 17 heavy (non-hydrogen) atoms. The van der Waals surface area contributed by atoms with E-state index in [0.717, 1.165) is 5.69 Å². The Labute approximate surface area is 103 Å². The lowest BCUT2D eigenvalue weighted by Crippen LogP contribution is -2.23. The van der Waals surface area contributed by atoms with E-state index in [0.29, 0.717) is 25.1 Å². The minimum absolute atomic E-state index is 0.0254. The first-order chi connectivity index (χ1) is 8.11. The van der Waals surface area contributed by atoms with Crippen LogP contribution in [0.1, 0.15) is 26.5 Å². The highest BCUT2D eigenvalue weighted by molar-refractivity contribution is 5.08. The van der Waals surface area contributed by atoms with Crippen LogP contribution in [-0.4, -0.2) is 35.8 Å². The van der Waals surface area contributed by atoms with E-state index >= 15 is 0 Å². The van der Waals surface area contributed by atoms with Gasteiger partial charge in [-0.25, -0.2) is 4.98 Å². The maximum absolute atomic E-state index is 5.58. The zero-order chi connectivity index (χ0) is 12.7. The molecular weight excluding hydrogens is 218 g/mol. The van der Waals surface area contributed by atoms with Crippen LogP contribution >= 0.6 is 0 Å². The van der Waals surface area contributed by atoms with E-state index in [2.05, 4.69) is 29.1 Å². The van der Waals surface area contributed by atoms with Crippen LogP contribution in [0.15, 0.2) is 12.4 Å². The second-order valence-electron chi connectivity index (χ2n) is 4.27. The van der Waals surface area contributed by atoms with Gasteiger partial charge < -0.3 is 14.8 Å². The molecule has 0 saturated carbocycles. The van der Waals surface area contributed by atoms with Crippen molar-refractivity contribution in [2.45, 2.75) is 39.5 Å². The molecule has 5 heteroatoms. The predicted molar refractivity (Wildman–Crippen MR) is 66.0 cm³/mol. The van der Waals surface area contributed by atoms with Gasteiger partial charge >= 0.3 is 0 Å². The van der Waals surface area contributed by atoms with Gasteiger partial charge in [-0.05, 0) is 6.92 Å². The summed E-state index contributed by atoms with van der Waals surface area (Å²) in [5.74, 6) is 0.539. The van der Waals surface area contributed by atoms with E-state index in [9.17, 15) is 0 Å². The zero-order valence-corrected chi connectivity index (χ0v) is 10.9. The van der Waals surface area contributed by atoms with Crippen LogP contribution in [0.3, 0.4) is 0 Å². The summed E-state index contributed by atoms with van der Waals surface area (Å²) in [6.45, 7) is 7.35. The molecule has 1 rings (SSSR count). The van der Waals surface area contributed by atoms with Crippen molar-refractivity contribution in [3.8, 4) is 5.88 Å². The van der Waals surface area contributed by atoms with Gasteiger partial charge in [0.2, 0.25) is 5.88 Å². The SMILES string of the molecule is COCC(C)Oc1cncc(CNC(C)C)n1. The maximum Gasteiger partial charge on any atom is 0.232 e. The van der Waals surface area contributed by atoms with Crippen molar-refractivity contribution >= 4 is 0 Å². The Kier molecular flexibility index (Phi) is 5.86. The summed E-state index contributed by atoms with van der Waals surface area (Å²) in [7, 11) is 1.65. The van der Waals surface area contributed by atoms with Crippen LogP contribution in [0.2, 0.25) is 0 Å². The number of nitrogens with zero attached hydrogens (tertiary/aromatic N) is 2. The highest BCUT2D eigenvalue weighted by Gasteiger charge is 2.06. The predicted octanol–water partition coefficient (Wildman–Crippen LogP) is 1.39. The Morgan fingerprint density at radius 1 is 1.29 bits per heavy atom. The van der Waals surface area contributed by atoms with Crippen LogP contribution in [0, 0.1) is 0 Å². The quantitative estimate of drug-likeness (QED) is 0.779. The van der Waals surface area contributed by atoms with E-state index in [-0.39, 0.29) is 6.10 Å². The standard InChI is InChI=1S/C12H21N3O2/c1-9(2)14-6-11-5-13-7-12(15-11)17-10(3)8-16-4/h5,7,9-10,14H,6,8H2,1-4H3. The number of methoxy groups -OCH3 is 1. The Balaban J connectivity index is 2.53.